The second kappa shape index (κ2) is 7.17. The lowest BCUT2D eigenvalue weighted by Crippen LogP contribution is -2.38. The maximum absolute atomic E-state index is 12.9. The molecule has 4 rings (SSSR count). The van der Waals surface area contributed by atoms with Gasteiger partial charge in [0.1, 0.15) is 0 Å². The number of benzene rings is 2. The number of amides is 1. The van der Waals surface area contributed by atoms with Gasteiger partial charge >= 0.3 is 0 Å². The van der Waals surface area contributed by atoms with Crippen molar-refractivity contribution in [1.29, 1.82) is 0 Å². The van der Waals surface area contributed by atoms with Crippen LogP contribution in [0.2, 0.25) is 0 Å². The van der Waals surface area contributed by atoms with E-state index < -0.39 is 15.4 Å². The molecule has 0 fully saturated rings. The number of hydrogen-bond donors (Lipinski definition) is 1. The van der Waals surface area contributed by atoms with Crippen LogP contribution >= 0.6 is 0 Å². The van der Waals surface area contributed by atoms with Gasteiger partial charge in [0.05, 0.1) is 4.90 Å². The van der Waals surface area contributed by atoms with Crippen molar-refractivity contribution in [3.63, 3.8) is 0 Å². The number of hydrogen-bond acceptors (Lipinski definition) is 3. The van der Waals surface area contributed by atoms with E-state index in [2.05, 4.69) is 4.72 Å². The van der Waals surface area contributed by atoms with E-state index in [-0.39, 0.29) is 5.91 Å². The predicted octanol–water partition coefficient (Wildman–Crippen LogP) is 4.30. The number of sulfonamides is 1. The van der Waals surface area contributed by atoms with Crippen LogP contribution in [0.15, 0.2) is 41.3 Å². The normalized spacial score (nSPS) is 16.3. The Morgan fingerprint density at radius 2 is 1.66 bits per heavy atom. The molecule has 2 aliphatic rings. The van der Waals surface area contributed by atoms with Gasteiger partial charge in [-0.05, 0) is 79.1 Å². The molecule has 0 radical (unpaired) electrons. The fourth-order valence-corrected chi connectivity index (χ4v) is 5.27. The molecule has 6 heteroatoms. The monoisotopic (exact) mass is 412 g/mol. The first-order chi connectivity index (χ1) is 13.6. The summed E-state index contributed by atoms with van der Waals surface area (Å²) in [5.74, 6) is 0.0821. The van der Waals surface area contributed by atoms with E-state index in [0.29, 0.717) is 17.1 Å². The van der Waals surface area contributed by atoms with Crippen LogP contribution in [-0.4, -0.2) is 20.9 Å². The second-order valence-electron chi connectivity index (χ2n) is 9.04. The molecule has 29 heavy (non-hydrogen) atoms. The van der Waals surface area contributed by atoms with Crippen LogP contribution in [0, 0.1) is 5.41 Å². The molecular formula is C23H28N2O3S. The third-order valence-electron chi connectivity index (χ3n) is 5.74. The lowest BCUT2D eigenvalue weighted by Gasteiger charge is -2.26. The molecule has 0 unspecified atom stereocenters. The van der Waals surface area contributed by atoms with Gasteiger partial charge in [0.15, 0.2) is 0 Å². The van der Waals surface area contributed by atoms with Crippen LogP contribution in [0.25, 0.3) is 0 Å². The maximum Gasteiger partial charge on any atom is 0.261 e. The molecule has 154 valence electrons. The summed E-state index contributed by atoms with van der Waals surface area (Å²) in [6, 6.07) is 10.9. The molecule has 0 aromatic heterocycles. The smallest absolute Gasteiger partial charge is 0.261 e. The van der Waals surface area contributed by atoms with E-state index in [0.717, 1.165) is 42.5 Å². The molecule has 1 heterocycles. The SMILES string of the molecule is CC(C)(C)C(=O)N1CCc2cc(NS(=O)(=O)c3ccc4c(c3)CCCC4)ccc21. The van der Waals surface area contributed by atoms with Gasteiger partial charge in [-0.15, -0.1) is 0 Å². The average Bonchev–Trinajstić information content (AvgIpc) is 3.09. The molecule has 0 saturated heterocycles. The molecule has 1 N–H and O–H groups in total. The molecule has 0 bridgehead atoms. The zero-order valence-corrected chi connectivity index (χ0v) is 18.1. The third kappa shape index (κ3) is 3.90. The number of nitrogens with one attached hydrogen (secondary N) is 1. The van der Waals surface area contributed by atoms with E-state index in [4.69, 9.17) is 0 Å². The number of aryl methyl sites for hydroxylation is 2. The summed E-state index contributed by atoms with van der Waals surface area (Å²) in [5, 5.41) is 0. The topological polar surface area (TPSA) is 66.5 Å². The summed E-state index contributed by atoms with van der Waals surface area (Å²) >= 11 is 0. The highest BCUT2D eigenvalue weighted by Gasteiger charge is 2.32. The molecule has 0 spiro atoms. The Kier molecular flexibility index (Phi) is 4.93. The van der Waals surface area contributed by atoms with Crippen molar-refractivity contribution in [3.05, 3.63) is 53.1 Å². The molecule has 0 saturated carbocycles. The Balaban J connectivity index is 1.57. The van der Waals surface area contributed by atoms with Crippen LogP contribution < -0.4 is 9.62 Å². The first-order valence-corrected chi connectivity index (χ1v) is 11.7. The highest BCUT2D eigenvalue weighted by Crippen LogP contribution is 2.34. The van der Waals surface area contributed by atoms with Gasteiger partial charge in [0.25, 0.3) is 10.0 Å². The third-order valence-corrected chi connectivity index (χ3v) is 7.12. The highest BCUT2D eigenvalue weighted by molar-refractivity contribution is 7.92. The average molecular weight is 413 g/mol. The Labute approximate surface area is 173 Å². The lowest BCUT2D eigenvalue weighted by molar-refractivity contribution is -0.125. The molecule has 0 atom stereocenters. The zero-order valence-electron chi connectivity index (χ0n) is 17.3. The molecular weight excluding hydrogens is 384 g/mol. The number of nitrogens with zero attached hydrogens (tertiary/aromatic N) is 1. The summed E-state index contributed by atoms with van der Waals surface area (Å²) in [7, 11) is -3.65. The van der Waals surface area contributed by atoms with Crippen molar-refractivity contribution < 1.29 is 13.2 Å². The van der Waals surface area contributed by atoms with E-state index in [1.807, 2.05) is 45.0 Å². The number of carbonyl (C=O) groups excluding carboxylic acids is 1. The number of rotatable bonds is 3. The molecule has 1 aliphatic carbocycles. The largest absolute Gasteiger partial charge is 0.311 e. The van der Waals surface area contributed by atoms with Gasteiger partial charge < -0.3 is 4.90 Å². The number of carbonyl (C=O) groups is 1. The molecule has 2 aromatic rings. The van der Waals surface area contributed by atoms with Gasteiger partial charge in [-0.3, -0.25) is 9.52 Å². The van der Waals surface area contributed by atoms with Crippen LogP contribution in [0.3, 0.4) is 0 Å². The van der Waals surface area contributed by atoms with Gasteiger partial charge in [-0.1, -0.05) is 26.8 Å². The van der Waals surface area contributed by atoms with Crippen molar-refractivity contribution in [2.24, 2.45) is 5.41 Å². The van der Waals surface area contributed by atoms with Crippen LogP contribution in [0.1, 0.15) is 50.3 Å². The van der Waals surface area contributed by atoms with E-state index in [1.54, 1.807) is 17.0 Å². The minimum Gasteiger partial charge on any atom is -0.311 e. The minimum absolute atomic E-state index is 0.0821. The Morgan fingerprint density at radius 1 is 0.931 bits per heavy atom. The molecule has 2 aromatic carbocycles. The van der Waals surface area contributed by atoms with Gasteiger partial charge in [0.2, 0.25) is 5.91 Å². The quantitative estimate of drug-likeness (QED) is 0.817. The van der Waals surface area contributed by atoms with Crippen molar-refractivity contribution >= 4 is 27.3 Å². The standard InChI is InChI=1S/C23H28N2O3S/c1-23(2,3)22(26)25-13-12-18-14-19(9-11-21(18)25)24-29(27,28)20-10-8-16-6-4-5-7-17(16)15-20/h8-11,14-15,24H,4-7,12-13H2,1-3H3. The minimum atomic E-state index is -3.65. The Morgan fingerprint density at radius 3 is 2.38 bits per heavy atom. The highest BCUT2D eigenvalue weighted by atomic mass is 32.2. The van der Waals surface area contributed by atoms with Crippen molar-refractivity contribution in [3.8, 4) is 0 Å². The molecule has 5 nitrogen and oxygen atoms in total. The van der Waals surface area contributed by atoms with Crippen LogP contribution in [0.5, 0.6) is 0 Å². The Bertz CT molecular complexity index is 1070. The first kappa shape index (κ1) is 20.0. The predicted molar refractivity (Wildman–Crippen MR) is 116 cm³/mol. The summed E-state index contributed by atoms with van der Waals surface area (Å²) in [6.45, 7) is 6.36. The summed E-state index contributed by atoms with van der Waals surface area (Å²) < 4.78 is 28.5. The lowest BCUT2D eigenvalue weighted by atomic mass is 9.92. The van der Waals surface area contributed by atoms with E-state index in [9.17, 15) is 13.2 Å². The van der Waals surface area contributed by atoms with Crippen LogP contribution in [0.4, 0.5) is 11.4 Å². The van der Waals surface area contributed by atoms with Gasteiger partial charge in [-0.2, -0.15) is 0 Å². The van der Waals surface area contributed by atoms with Crippen molar-refractivity contribution in [1.82, 2.24) is 0 Å². The zero-order chi connectivity index (χ0) is 20.8. The van der Waals surface area contributed by atoms with Crippen molar-refractivity contribution in [2.45, 2.75) is 57.8 Å². The molecule has 1 aliphatic heterocycles. The molecule has 1 amide bonds. The van der Waals surface area contributed by atoms with E-state index >= 15 is 0 Å². The fourth-order valence-electron chi connectivity index (χ4n) is 4.17. The van der Waals surface area contributed by atoms with Crippen molar-refractivity contribution in [2.75, 3.05) is 16.2 Å². The maximum atomic E-state index is 12.9. The second-order valence-corrected chi connectivity index (χ2v) is 10.7. The van der Waals surface area contributed by atoms with E-state index in [1.165, 1.54) is 12.0 Å². The van der Waals surface area contributed by atoms with Crippen LogP contribution in [-0.2, 0) is 34.1 Å². The fraction of sp³-hybridized carbons (Fsp3) is 0.435. The summed E-state index contributed by atoms with van der Waals surface area (Å²) in [5.41, 5.74) is 4.36. The summed E-state index contributed by atoms with van der Waals surface area (Å²) in [4.78, 5) is 14.8. The van der Waals surface area contributed by atoms with Gasteiger partial charge in [0, 0.05) is 23.3 Å². The van der Waals surface area contributed by atoms with Gasteiger partial charge in [-0.25, -0.2) is 8.42 Å². The number of fused-ring (bicyclic) bond motifs is 2. The Hall–Kier alpha value is -2.34. The number of anilines is 2. The first-order valence-electron chi connectivity index (χ1n) is 10.2. The summed E-state index contributed by atoms with van der Waals surface area (Å²) in [6.07, 6.45) is 4.97.